The normalized spacial score (nSPS) is 14.3. The first-order valence-electron chi connectivity index (χ1n) is 7.33. The number of aryl methyl sites for hydroxylation is 2. The third-order valence-corrected chi connectivity index (χ3v) is 3.63. The summed E-state index contributed by atoms with van der Waals surface area (Å²) in [5, 5.41) is 11.1. The van der Waals surface area contributed by atoms with Gasteiger partial charge in [0.25, 0.3) is 0 Å². The zero-order valence-electron chi connectivity index (χ0n) is 12.2. The second-order valence-electron chi connectivity index (χ2n) is 5.36. The number of rotatable bonds is 7. The van der Waals surface area contributed by atoms with E-state index < -0.39 is 12.0 Å². The lowest BCUT2D eigenvalue weighted by Crippen LogP contribution is -2.38. The summed E-state index contributed by atoms with van der Waals surface area (Å²) in [5.41, 5.74) is 2.77. The first kappa shape index (κ1) is 15.4. The van der Waals surface area contributed by atoms with Crippen LogP contribution in [-0.4, -0.2) is 29.6 Å². The van der Waals surface area contributed by atoms with Crippen molar-refractivity contribution in [2.75, 3.05) is 6.61 Å². The first-order valence-corrected chi connectivity index (χ1v) is 7.33. The van der Waals surface area contributed by atoms with Gasteiger partial charge in [0, 0.05) is 6.42 Å². The van der Waals surface area contributed by atoms with Crippen LogP contribution >= 0.6 is 0 Å². The number of carboxylic acid groups (broad SMARTS) is 1. The van der Waals surface area contributed by atoms with Crippen LogP contribution in [0.25, 0.3) is 0 Å². The molecule has 0 radical (unpaired) electrons. The summed E-state index contributed by atoms with van der Waals surface area (Å²) in [7, 11) is 0. The molecule has 1 atom stereocenters. The number of fused-ring (bicyclic) bond motifs is 1. The van der Waals surface area contributed by atoms with Gasteiger partial charge < -0.3 is 15.2 Å². The molecule has 5 nitrogen and oxygen atoms in total. The lowest BCUT2D eigenvalue weighted by atomic mass is 10.1. The molecule has 21 heavy (non-hydrogen) atoms. The second-order valence-corrected chi connectivity index (χ2v) is 5.36. The highest BCUT2D eigenvalue weighted by atomic mass is 16.5. The highest BCUT2D eigenvalue weighted by molar-refractivity contribution is 5.83. The zero-order valence-corrected chi connectivity index (χ0v) is 12.2. The molecule has 1 aliphatic rings. The predicted molar refractivity (Wildman–Crippen MR) is 78.4 cm³/mol. The number of carboxylic acids is 1. The minimum absolute atomic E-state index is 0.262. The number of benzene rings is 1. The summed E-state index contributed by atoms with van der Waals surface area (Å²) in [5.74, 6) is -0.449. The maximum absolute atomic E-state index is 11.5. The highest BCUT2D eigenvalue weighted by Gasteiger charge is 2.14. The van der Waals surface area contributed by atoms with Crippen LogP contribution in [0.15, 0.2) is 18.2 Å². The van der Waals surface area contributed by atoms with Crippen LogP contribution in [0.2, 0.25) is 0 Å². The molecule has 1 aromatic carbocycles. The van der Waals surface area contributed by atoms with Crippen LogP contribution in [0.4, 0.5) is 0 Å². The van der Waals surface area contributed by atoms with Crippen LogP contribution < -0.4 is 10.1 Å². The molecule has 0 spiro atoms. The van der Waals surface area contributed by atoms with Gasteiger partial charge in [-0.05, 0) is 55.9 Å². The van der Waals surface area contributed by atoms with Gasteiger partial charge in [0.05, 0.1) is 6.61 Å². The Morgan fingerprint density at radius 3 is 2.86 bits per heavy atom. The van der Waals surface area contributed by atoms with Gasteiger partial charge in [-0.1, -0.05) is 6.07 Å². The van der Waals surface area contributed by atoms with Crippen LogP contribution in [0.1, 0.15) is 37.3 Å². The van der Waals surface area contributed by atoms with Gasteiger partial charge in [0.15, 0.2) is 0 Å². The van der Waals surface area contributed by atoms with E-state index >= 15 is 0 Å². The fourth-order valence-electron chi connectivity index (χ4n) is 2.44. The molecule has 0 heterocycles. The Bertz CT molecular complexity index is 527. The summed E-state index contributed by atoms with van der Waals surface area (Å²) in [6.45, 7) is 1.90. The molecule has 114 valence electrons. The summed E-state index contributed by atoms with van der Waals surface area (Å²) in [6.07, 6.45) is 4.30. The molecule has 0 aliphatic heterocycles. The molecule has 0 saturated carbocycles. The molecule has 0 saturated heterocycles. The van der Waals surface area contributed by atoms with Crippen molar-refractivity contribution in [1.29, 1.82) is 0 Å². The standard InChI is InChI=1S/C16H21NO4/c1-11(16(19)20)17-15(18)6-3-9-21-14-8-7-12-4-2-5-13(12)10-14/h7-8,10-11H,2-6,9H2,1H3,(H,17,18)(H,19,20). The first-order chi connectivity index (χ1) is 10.1. The molecule has 1 aliphatic carbocycles. The van der Waals surface area contributed by atoms with Crippen molar-refractivity contribution >= 4 is 11.9 Å². The van der Waals surface area contributed by atoms with E-state index in [1.54, 1.807) is 0 Å². The molecule has 0 bridgehead atoms. The predicted octanol–water partition coefficient (Wildman–Crippen LogP) is 1.92. The largest absolute Gasteiger partial charge is 0.494 e. The van der Waals surface area contributed by atoms with Gasteiger partial charge in [-0.2, -0.15) is 0 Å². The third-order valence-electron chi connectivity index (χ3n) is 3.63. The summed E-state index contributed by atoms with van der Waals surface area (Å²) in [4.78, 5) is 22.1. The Labute approximate surface area is 124 Å². The Kier molecular flexibility index (Phi) is 5.20. The van der Waals surface area contributed by atoms with E-state index in [4.69, 9.17) is 9.84 Å². The van der Waals surface area contributed by atoms with Crippen molar-refractivity contribution in [3.8, 4) is 5.75 Å². The van der Waals surface area contributed by atoms with Crippen LogP contribution in [-0.2, 0) is 22.4 Å². The molecule has 0 fully saturated rings. The lowest BCUT2D eigenvalue weighted by molar-refractivity contribution is -0.141. The monoisotopic (exact) mass is 291 g/mol. The highest BCUT2D eigenvalue weighted by Crippen LogP contribution is 2.26. The number of hydrogen-bond donors (Lipinski definition) is 2. The van der Waals surface area contributed by atoms with Gasteiger partial charge in [-0.15, -0.1) is 0 Å². The van der Waals surface area contributed by atoms with Crippen molar-refractivity contribution < 1.29 is 19.4 Å². The average molecular weight is 291 g/mol. The van der Waals surface area contributed by atoms with E-state index in [2.05, 4.69) is 17.4 Å². The van der Waals surface area contributed by atoms with Crippen LogP contribution in [0.3, 0.4) is 0 Å². The van der Waals surface area contributed by atoms with E-state index in [1.807, 2.05) is 6.07 Å². The Morgan fingerprint density at radius 1 is 1.33 bits per heavy atom. The second kappa shape index (κ2) is 7.11. The summed E-state index contributed by atoms with van der Waals surface area (Å²) >= 11 is 0. The number of hydrogen-bond acceptors (Lipinski definition) is 3. The Morgan fingerprint density at radius 2 is 2.10 bits per heavy atom. The van der Waals surface area contributed by atoms with E-state index in [-0.39, 0.29) is 12.3 Å². The summed E-state index contributed by atoms with van der Waals surface area (Å²) in [6, 6.07) is 5.31. The third kappa shape index (κ3) is 4.48. The molecule has 0 aromatic heterocycles. The Hall–Kier alpha value is -2.04. The van der Waals surface area contributed by atoms with E-state index in [9.17, 15) is 9.59 Å². The smallest absolute Gasteiger partial charge is 0.325 e. The van der Waals surface area contributed by atoms with Crippen molar-refractivity contribution in [3.05, 3.63) is 29.3 Å². The van der Waals surface area contributed by atoms with E-state index in [0.717, 1.165) is 18.6 Å². The number of aliphatic carboxylic acids is 1. The minimum Gasteiger partial charge on any atom is -0.494 e. The molecular weight excluding hydrogens is 270 g/mol. The lowest BCUT2D eigenvalue weighted by Gasteiger charge is -2.10. The van der Waals surface area contributed by atoms with Crippen molar-refractivity contribution in [3.63, 3.8) is 0 Å². The van der Waals surface area contributed by atoms with Gasteiger partial charge >= 0.3 is 5.97 Å². The number of carbonyl (C=O) groups excluding carboxylic acids is 1. The molecule has 1 amide bonds. The van der Waals surface area contributed by atoms with Gasteiger partial charge in [-0.3, -0.25) is 9.59 Å². The van der Waals surface area contributed by atoms with Crippen LogP contribution in [0, 0.1) is 0 Å². The maximum atomic E-state index is 11.5. The van der Waals surface area contributed by atoms with Gasteiger partial charge in [0.2, 0.25) is 5.91 Å². The topological polar surface area (TPSA) is 75.6 Å². The van der Waals surface area contributed by atoms with Crippen LogP contribution in [0.5, 0.6) is 5.75 Å². The zero-order chi connectivity index (χ0) is 15.2. The minimum atomic E-state index is -1.03. The number of amides is 1. The molecule has 2 N–H and O–H groups in total. The fraction of sp³-hybridized carbons (Fsp3) is 0.500. The molecule has 1 aromatic rings. The number of carbonyl (C=O) groups is 2. The van der Waals surface area contributed by atoms with Gasteiger partial charge in [0.1, 0.15) is 11.8 Å². The fourth-order valence-corrected chi connectivity index (χ4v) is 2.44. The van der Waals surface area contributed by atoms with Gasteiger partial charge in [-0.25, -0.2) is 0 Å². The molecule has 1 unspecified atom stereocenters. The number of nitrogens with one attached hydrogen (secondary N) is 1. The molecular formula is C16H21NO4. The quantitative estimate of drug-likeness (QED) is 0.753. The van der Waals surface area contributed by atoms with Crippen molar-refractivity contribution in [2.24, 2.45) is 0 Å². The van der Waals surface area contributed by atoms with E-state index in [1.165, 1.54) is 24.5 Å². The maximum Gasteiger partial charge on any atom is 0.325 e. The number of ether oxygens (including phenoxy) is 1. The van der Waals surface area contributed by atoms with E-state index in [0.29, 0.717) is 13.0 Å². The van der Waals surface area contributed by atoms with Crippen molar-refractivity contribution in [2.45, 2.75) is 45.1 Å². The SMILES string of the molecule is CC(NC(=O)CCCOc1ccc2c(c1)CCC2)C(=O)O. The molecule has 2 rings (SSSR count). The average Bonchev–Trinajstić information content (AvgIpc) is 2.90. The molecule has 5 heteroatoms. The van der Waals surface area contributed by atoms with Crippen molar-refractivity contribution in [1.82, 2.24) is 5.32 Å². The summed E-state index contributed by atoms with van der Waals surface area (Å²) < 4.78 is 5.64. The Balaban J connectivity index is 1.68.